The standard InChI is InChI=1S/C12H12ClN3OS/c1-7-3-9(4-8(2)11(7)13)5-14-16-12-15-10(17)6-18-12/h3-5H,6H2,1-2H3,(H,15,16,17). The maximum absolute atomic E-state index is 10.9. The van der Waals surface area contributed by atoms with Crippen LogP contribution in [0.2, 0.25) is 5.02 Å². The molecule has 1 aromatic carbocycles. The SMILES string of the molecule is Cc1cc(C=NN=C2NC(=O)CS2)cc(C)c1Cl. The van der Waals surface area contributed by atoms with Gasteiger partial charge in [-0.25, -0.2) is 0 Å². The molecule has 94 valence electrons. The van der Waals surface area contributed by atoms with Gasteiger partial charge in [0.25, 0.3) is 0 Å². The number of aryl methyl sites for hydroxylation is 2. The molecule has 1 amide bonds. The third kappa shape index (κ3) is 3.11. The minimum Gasteiger partial charge on any atom is -0.303 e. The first-order chi connectivity index (χ1) is 8.56. The number of carbonyl (C=O) groups excluding carboxylic acids is 1. The highest BCUT2D eigenvalue weighted by atomic mass is 35.5. The van der Waals surface area contributed by atoms with Crippen molar-refractivity contribution in [2.45, 2.75) is 13.8 Å². The summed E-state index contributed by atoms with van der Waals surface area (Å²) >= 11 is 7.43. The molecule has 1 N–H and O–H groups in total. The number of rotatable bonds is 2. The summed E-state index contributed by atoms with van der Waals surface area (Å²) in [5, 5.41) is 11.8. The van der Waals surface area contributed by atoms with Crippen LogP contribution >= 0.6 is 23.4 Å². The van der Waals surface area contributed by atoms with Crippen molar-refractivity contribution in [2.24, 2.45) is 10.2 Å². The van der Waals surface area contributed by atoms with E-state index in [0.29, 0.717) is 10.9 Å². The van der Waals surface area contributed by atoms with Gasteiger partial charge in [-0.05, 0) is 42.7 Å². The summed E-state index contributed by atoms with van der Waals surface area (Å²) in [6, 6.07) is 3.89. The van der Waals surface area contributed by atoms with E-state index in [1.54, 1.807) is 6.21 Å². The number of thioether (sulfide) groups is 1. The molecule has 0 atom stereocenters. The van der Waals surface area contributed by atoms with Crippen LogP contribution in [-0.2, 0) is 4.79 Å². The molecule has 0 radical (unpaired) electrons. The first-order valence-electron chi connectivity index (χ1n) is 5.36. The van der Waals surface area contributed by atoms with Crippen LogP contribution in [0.5, 0.6) is 0 Å². The fraction of sp³-hybridized carbons (Fsp3) is 0.250. The Hall–Kier alpha value is -1.33. The minimum atomic E-state index is -0.0351. The van der Waals surface area contributed by atoms with E-state index in [2.05, 4.69) is 15.5 Å². The largest absolute Gasteiger partial charge is 0.303 e. The van der Waals surface area contributed by atoms with Crippen molar-refractivity contribution in [3.63, 3.8) is 0 Å². The minimum absolute atomic E-state index is 0.0351. The van der Waals surface area contributed by atoms with Crippen LogP contribution in [0.4, 0.5) is 0 Å². The average molecular weight is 282 g/mol. The lowest BCUT2D eigenvalue weighted by Crippen LogP contribution is -2.19. The summed E-state index contributed by atoms with van der Waals surface area (Å²) in [5.41, 5.74) is 2.96. The molecule has 1 saturated heterocycles. The third-order valence-corrected chi connectivity index (χ3v) is 3.86. The van der Waals surface area contributed by atoms with Crippen molar-refractivity contribution in [3.05, 3.63) is 33.8 Å². The van der Waals surface area contributed by atoms with Crippen LogP contribution in [0, 0.1) is 13.8 Å². The number of amidine groups is 1. The van der Waals surface area contributed by atoms with E-state index >= 15 is 0 Å². The number of hydrogen-bond donors (Lipinski definition) is 1. The zero-order valence-corrected chi connectivity index (χ0v) is 11.6. The van der Waals surface area contributed by atoms with Gasteiger partial charge in [0.15, 0.2) is 5.17 Å². The maximum Gasteiger partial charge on any atom is 0.236 e. The molecule has 0 unspecified atom stereocenters. The monoisotopic (exact) mass is 281 g/mol. The van der Waals surface area contributed by atoms with E-state index < -0.39 is 0 Å². The molecule has 0 aliphatic carbocycles. The van der Waals surface area contributed by atoms with Gasteiger partial charge in [-0.3, -0.25) is 4.79 Å². The molecule has 4 nitrogen and oxygen atoms in total. The Morgan fingerprint density at radius 2 is 2.06 bits per heavy atom. The van der Waals surface area contributed by atoms with E-state index in [1.807, 2.05) is 26.0 Å². The summed E-state index contributed by atoms with van der Waals surface area (Å²) in [6.45, 7) is 3.90. The summed E-state index contributed by atoms with van der Waals surface area (Å²) in [4.78, 5) is 10.9. The normalized spacial score (nSPS) is 17.7. The van der Waals surface area contributed by atoms with E-state index in [-0.39, 0.29) is 5.91 Å². The van der Waals surface area contributed by atoms with Gasteiger partial charge in [0.2, 0.25) is 5.91 Å². The van der Waals surface area contributed by atoms with Crippen molar-refractivity contribution in [1.29, 1.82) is 0 Å². The van der Waals surface area contributed by atoms with Gasteiger partial charge in [-0.2, -0.15) is 5.10 Å². The Balaban J connectivity index is 2.12. The smallest absolute Gasteiger partial charge is 0.236 e. The molecular formula is C12H12ClN3OS. The summed E-state index contributed by atoms with van der Waals surface area (Å²) in [7, 11) is 0. The highest BCUT2D eigenvalue weighted by molar-refractivity contribution is 8.15. The molecule has 0 spiro atoms. The second kappa shape index (κ2) is 5.54. The summed E-state index contributed by atoms with van der Waals surface area (Å²) in [5.74, 6) is 0.375. The first-order valence-corrected chi connectivity index (χ1v) is 6.73. The molecule has 2 rings (SSSR count). The van der Waals surface area contributed by atoms with Crippen molar-refractivity contribution >= 4 is 40.7 Å². The Morgan fingerprint density at radius 3 is 2.61 bits per heavy atom. The Labute approximate surface area is 115 Å². The van der Waals surface area contributed by atoms with Crippen molar-refractivity contribution in [3.8, 4) is 0 Å². The lowest BCUT2D eigenvalue weighted by molar-refractivity contribution is -0.116. The van der Waals surface area contributed by atoms with E-state index in [1.165, 1.54) is 11.8 Å². The molecule has 6 heteroatoms. The number of hydrogen-bond acceptors (Lipinski definition) is 4. The van der Waals surface area contributed by atoms with E-state index in [4.69, 9.17) is 11.6 Å². The number of amides is 1. The van der Waals surface area contributed by atoms with Crippen molar-refractivity contribution in [2.75, 3.05) is 5.75 Å². The second-order valence-corrected chi connectivity index (χ2v) is 5.30. The predicted molar refractivity (Wildman–Crippen MR) is 76.6 cm³/mol. The lowest BCUT2D eigenvalue weighted by atomic mass is 10.1. The number of halogens is 1. The first kappa shape index (κ1) is 13.1. The van der Waals surface area contributed by atoms with Crippen molar-refractivity contribution in [1.82, 2.24) is 5.32 Å². The zero-order chi connectivity index (χ0) is 13.1. The van der Waals surface area contributed by atoms with Crippen LogP contribution in [0.15, 0.2) is 22.3 Å². The topological polar surface area (TPSA) is 53.8 Å². The molecule has 18 heavy (non-hydrogen) atoms. The van der Waals surface area contributed by atoms with Gasteiger partial charge in [-0.15, -0.1) is 5.10 Å². The quantitative estimate of drug-likeness (QED) is 0.669. The lowest BCUT2D eigenvalue weighted by Gasteiger charge is -2.03. The van der Waals surface area contributed by atoms with E-state index in [9.17, 15) is 4.79 Å². The number of carbonyl (C=O) groups is 1. The molecule has 0 bridgehead atoms. The van der Waals surface area contributed by atoms with Crippen LogP contribution in [0.1, 0.15) is 16.7 Å². The van der Waals surface area contributed by atoms with Crippen LogP contribution in [-0.4, -0.2) is 23.0 Å². The molecule has 0 aromatic heterocycles. The zero-order valence-electron chi connectivity index (χ0n) is 10.0. The Kier molecular flexibility index (Phi) is 4.04. The van der Waals surface area contributed by atoms with Gasteiger partial charge in [-0.1, -0.05) is 23.4 Å². The fourth-order valence-electron chi connectivity index (χ4n) is 1.58. The molecule has 0 saturated carbocycles. The average Bonchev–Trinajstić information content (AvgIpc) is 2.72. The Morgan fingerprint density at radius 1 is 1.39 bits per heavy atom. The molecule has 1 heterocycles. The van der Waals surface area contributed by atoms with Crippen LogP contribution in [0.25, 0.3) is 0 Å². The van der Waals surface area contributed by atoms with Gasteiger partial charge in [0.05, 0.1) is 12.0 Å². The highest BCUT2D eigenvalue weighted by Crippen LogP contribution is 2.21. The molecular weight excluding hydrogens is 270 g/mol. The van der Waals surface area contributed by atoms with Gasteiger partial charge >= 0.3 is 0 Å². The summed E-state index contributed by atoms with van der Waals surface area (Å²) in [6.07, 6.45) is 1.65. The fourth-order valence-corrected chi connectivity index (χ4v) is 2.32. The summed E-state index contributed by atoms with van der Waals surface area (Å²) < 4.78 is 0. The number of benzene rings is 1. The maximum atomic E-state index is 10.9. The van der Waals surface area contributed by atoms with Crippen LogP contribution in [0.3, 0.4) is 0 Å². The highest BCUT2D eigenvalue weighted by Gasteiger charge is 2.15. The van der Waals surface area contributed by atoms with Crippen LogP contribution < -0.4 is 5.32 Å². The van der Waals surface area contributed by atoms with Gasteiger partial charge in [0.1, 0.15) is 0 Å². The second-order valence-electron chi connectivity index (χ2n) is 3.96. The number of nitrogens with zero attached hydrogens (tertiary/aromatic N) is 2. The molecule has 1 aromatic rings. The van der Waals surface area contributed by atoms with Crippen molar-refractivity contribution < 1.29 is 4.79 Å². The molecule has 1 aliphatic heterocycles. The molecule has 1 aliphatic rings. The predicted octanol–water partition coefficient (Wildman–Crippen LogP) is 2.51. The van der Waals surface area contributed by atoms with E-state index in [0.717, 1.165) is 21.7 Å². The van der Waals surface area contributed by atoms with Gasteiger partial charge < -0.3 is 5.32 Å². The molecule has 1 fully saturated rings. The Bertz CT molecular complexity index is 531. The third-order valence-electron chi connectivity index (χ3n) is 2.40. The van der Waals surface area contributed by atoms with Gasteiger partial charge in [0, 0.05) is 5.02 Å². The number of nitrogens with one attached hydrogen (secondary N) is 1.